The smallest absolute Gasteiger partial charge is 0.207 e. The molecule has 0 nitrogen and oxygen atoms in total. The van der Waals surface area contributed by atoms with E-state index in [1.165, 1.54) is 0 Å². The molecule has 0 saturated carbocycles. The van der Waals surface area contributed by atoms with Gasteiger partial charge in [-0.05, 0) is 0 Å². The summed E-state index contributed by atoms with van der Waals surface area (Å²) in [6.07, 6.45) is -9.84. The molecule has 0 aliphatic carbocycles. The molecule has 0 atom stereocenters. The van der Waals surface area contributed by atoms with Crippen molar-refractivity contribution in [1.82, 2.24) is 0 Å². The average molecular weight is 226 g/mol. The summed E-state index contributed by atoms with van der Waals surface area (Å²) in [5.41, 5.74) is 0. The lowest BCUT2D eigenvalue weighted by Crippen LogP contribution is -2.37. The van der Waals surface area contributed by atoms with Gasteiger partial charge in [0, 0.05) is 19.3 Å². The Bertz CT molecular complexity index is 181. The van der Waals surface area contributed by atoms with E-state index in [2.05, 4.69) is 0 Å². The topological polar surface area (TPSA) is 0 Å². The van der Waals surface area contributed by atoms with Gasteiger partial charge in [0.05, 0.1) is 0 Å². The van der Waals surface area contributed by atoms with Gasteiger partial charge in [0.2, 0.25) is 5.92 Å². The van der Waals surface area contributed by atoms with E-state index in [1.807, 2.05) is 0 Å². The Kier molecular flexibility index (Phi) is 3.80. The highest BCUT2D eigenvalue weighted by molar-refractivity contribution is 4.78. The van der Waals surface area contributed by atoms with Gasteiger partial charge >= 0.3 is 12.1 Å². The molecule has 0 aromatic carbocycles. The molecule has 0 N–H and O–H groups in total. The fraction of sp³-hybridized carbons (Fsp3) is 1.00. The third kappa shape index (κ3) is 3.71. The molecule has 86 valence electrons. The molecule has 0 aliphatic rings. The van der Waals surface area contributed by atoms with Crippen LogP contribution >= 0.6 is 0 Å². The van der Waals surface area contributed by atoms with E-state index >= 15 is 0 Å². The Hall–Kier alpha value is -0.490. The molecule has 0 unspecified atom stereocenters. The molecular formula is C7H9F7. The van der Waals surface area contributed by atoms with Crippen LogP contribution in [0.2, 0.25) is 0 Å². The third-order valence-electron chi connectivity index (χ3n) is 1.74. The maximum Gasteiger partial charge on any atom is 0.453 e. The summed E-state index contributed by atoms with van der Waals surface area (Å²) in [5, 5.41) is 0. The molecule has 0 spiro atoms. The van der Waals surface area contributed by atoms with Crippen molar-refractivity contribution >= 4 is 0 Å². The van der Waals surface area contributed by atoms with Crippen molar-refractivity contribution in [3.05, 3.63) is 0 Å². The second-order valence-corrected chi connectivity index (χ2v) is 2.91. The fourth-order valence-corrected chi connectivity index (χ4v) is 0.658. The first-order valence-corrected chi connectivity index (χ1v) is 3.84. The molecule has 0 aromatic heterocycles. The summed E-state index contributed by atoms with van der Waals surface area (Å²) >= 11 is 0. The van der Waals surface area contributed by atoms with Crippen molar-refractivity contribution in [3.63, 3.8) is 0 Å². The second-order valence-electron chi connectivity index (χ2n) is 2.91. The molecule has 0 rings (SSSR count). The van der Waals surface area contributed by atoms with Gasteiger partial charge in [-0.15, -0.1) is 0 Å². The number of hydrogen-bond acceptors (Lipinski definition) is 0. The largest absolute Gasteiger partial charge is 0.453 e. The number of hydrogen-bond donors (Lipinski definition) is 0. The van der Waals surface area contributed by atoms with Crippen LogP contribution in [0.1, 0.15) is 26.2 Å². The summed E-state index contributed by atoms with van der Waals surface area (Å²) < 4.78 is 83.6. The Labute approximate surface area is 76.1 Å². The van der Waals surface area contributed by atoms with Gasteiger partial charge in [-0.25, -0.2) is 8.78 Å². The van der Waals surface area contributed by atoms with Crippen LogP contribution in [0, 0.1) is 0 Å². The Morgan fingerprint density at radius 3 is 1.50 bits per heavy atom. The van der Waals surface area contributed by atoms with Crippen molar-refractivity contribution in [2.24, 2.45) is 0 Å². The first-order chi connectivity index (χ1) is 6.02. The van der Waals surface area contributed by atoms with E-state index in [9.17, 15) is 30.7 Å². The summed E-state index contributed by atoms with van der Waals surface area (Å²) in [7, 11) is 0. The predicted octanol–water partition coefficient (Wildman–Crippen LogP) is 4.01. The van der Waals surface area contributed by atoms with Crippen LogP contribution in [-0.2, 0) is 0 Å². The lowest BCUT2D eigenvalue weighted by Gasteiger charge is -2.22. The highest BCUT2D eigenvalue weighted by atomic mass is 19.4. The maximum atomic E-state index is 12.4. The van der Waals surface area contributed by atoms with Crippen molar-refractivity contribution < 1.29 is 30.7 Å². The van der Waals surface area contributed by atoms with Gasteiger partial charge in [-0.2, -0.15) is 22.0 Å². The standard InChI is InChI=1S/C7H9F7/c1-2-5(8,9)3-4-6(10,11)7(12,13)14/h2-4H2,1H3. The minimum atomic E-state index is -5.75. The van der Waals surface area contributed by atoms with Crippen LogP contribution in [-0.4, -0.2) is 18.0 Å². The molecule has 14 heavy (non-hydrogen) atoms. The lowest BCUT2D eigenvalue weighted by atomic mass is 10.1. The molecule has 0 aliphatic heterocycles. The van der Waals surface area contributed by atoms with Gasteiger partial charge in [0.25, 0.3) is 0 Å². The first-order valence-electron chi connectivity index (χ1n) is 3.84. The van der Waals surface area contributed by atoms with E-state index in [4.69, 9.17) is 0 Å². The van der Waals surface area contributed by atoms with Gasteiger partial charge in [0.15, 0.2) is 0 Å². The zero-order chi connectivity index (χ0) is 11.6. The molecule has 0 fully saturated rings. The van der Waals surface area contributed by atoms with E-state index in [-0.39, 0.29) is 0 Å². The van der Waals surface area contributed by atoms with Crippen LogP contribution in [0.15, 0.2) is 0 Å². The second kappa shape index (κ2) is 3.94. The zero-order valence-corrected chi connectivity index (χ0v) is 7.27. The highest BCUT2D eigenvalue weighted by Gasteiger charge is 2.57. The Balaban J connectivity index is 4.27. The van der Waals surface area contributed by atoms with E-state index in [1.54, 1.807) is 0 Å². The van der Waals surface area contributed by atoms with Crippen molar-refractivity contribution in [2.75, 3.05) is 0 Å². The zero-order valence-electron chi connectivity index (χ0n) is 7.27. The molecular weight excluding hydrogens is 217 g/mol. The van der Waals surface area contributed by atoms with Crippen molar-refractivity contribution in [3.8, 4) is 0 Å². The molecule has 0 saturated heterocycles. The van der Waals surface area contributed by atoms with E-state index in [0.29, 0.717) is 0 Å². The number of rotatable bonds is 4. The summed E-state index contributed by atoms with van der Waals surface area (Å²) in [4.78, 5) is 0. The van der Waals surface area contributed by atoms with Crippen LogP contribution < -0.4 is 0 Å². The SMILES string of the molecule is CCC(F)(F)CCC(F)(F)C(F)(F)F. The number of alkyl halides is 7. The lowest BCUT2D eigenvalue weighted by molar-refractivity contribution is -0.287. The molecule has 0 bridgehead atoms. The summed E-state index contributed by atoms with van der Waals surface area (Å²) in [5.74, 6) is -8.50. The minimum absolute atomic E-state index is 0.749. The predicted molar refractivity (Wildman–Crippen MR) is 35.5 cm³/mol. The van der Waals surface area contributed by atoms with Crippen LogP contribution in [0.5, 0.6) is 0 Å². The van der Waals surface area contributed by atoms with Gasteiger partial charge in [-0.1, -0.05) is 6.92 Å². The monoisotopic (exact) mass is 226 g/mol. The normalized spacial score (nSPS) is 14.6. The van der Waals surface area contributed by atoms with Crippen molar-refractivity contribution in [2.45, 2.75) is 44.2 Å². The van der Waals surface area contributed by atoms with Gasteiger partial charge < -0.3 is 0 Å². The summed E-state index contributed by atoms with van der Waals surface area (Å²) in [6.45, 7) is 1.02. The van der Waals surface area contributed by atoms with Crippen LogP contribution in [0.4, 0.5) is 30.7 Å². The first kappa shape index (κ1) is 13.5. The quantitative estimate of drug-likeness (QED) is 0.635. The Morgan fingerprint density at radius 1 is 0.786 bits per heavy atom. The van der Waals surface area contributed by atoms with Crippen molar-refractivity contribution in [1.29, 1.82) is 0 Å². The molecule has 0 radical (unpaired) electrons. The van der Waals surface area contributed by atoms with Gasteiger partial charge in [-0.3, -0.25) is 0 Å². The Morgan fingerprint density at radius 2 is 1.21 bits per heavy atom. The number of halogens is 7. The van der Waals surface area contributed by atoms with Crippen LogP contribution in [0.3, 0.4) is 0 Å². The van der Waals surface area contributed by atoms with E-state index in [0.717, 1.165) is 6.92 Å². The molecule has 0 aromatic rings. The third-order valence-corrected chi connectivity index (χ3v) is 1.74. The average Bonchev–Trinajstić information content (AvgIpc) is 1.99. The maximum absolute atomic E-state index is 12.4. The molecule has 0 heterocycles. The molecule has 0 amide bonds. The molecule has 7 heteroatoms. The minimum Gasteiger partial charge on any atom is -0.207 e. The van der Waals surface area contributed by atoms with Crippen LogP contribution in [0.25, 0.3) is 0 Å². The fourth-order valence-electron chi connectivity index (χ4n) is 0.658. The van der Waals surface area contributed by atoms with Gasteiger partial charge in [0.1, 0.15) is 0 Å². The van der Waals surface area contributed by atoms with E-state index < -0.39 is 37.3 Å². The summed E-state index contributed by atoms with van der Waals surface area (Å²) in [6, 6.07) is 0. The highest BCUT2D eigenvalue weighted by Crippen LogP contribution is 2.41.